The Labute approximate surface area is 122 Å². The summed E-state index contributed by atoms with van der Waals surface area (Å²) in [6.45, 7) is 1.86. The van der Waals surface area contributed by atoms with E-state index < -0.39 is 16.0 Å². The third-order valence-corrected chi connectivity index (χ3v) is 4.80. The van der Waals surface area contributed by atoms with Gasteiger partial charge in [-0.15, -0.1) is 0 Å². The average Bonchev–Trinajstić information content (AvgIpc) is 2.47. The zero-order valence-electron chi connectivity index (χ0n) is 11.5. The molecule has 0 N–H and O–H groups in total. The number of carbonyl (C=O) groups excluding carboxylic acids is 1. The van der Waals surface area contributed by atoms with Gasteiger partial charge in [0.1, 0.15) is 0 Å². The molecular formula is C14H13N2O4S-. The largest absolute Gasteiger partial charge is 0.543 e. The van der Waals surface area contributed by atoms with Gasteiger partial charge in [-0.25, -0.2) is 8.42 Å². The summed E-state index contributed by atoms with van der Waals surface area (Å²) < 4.78 is 25.9. The minimum absolute atomic E-state index is 0.127. The van der Waals surface area contributed by atoms with Crippen LogP contribution in [0.1, 0.15) is 16.1 Å². The number of sulfonamides is 1. The molecule has 2 rings (SSSR count). The van der Waals surface area contributed by atoms with Gasteiger partial charge in [-0.2, -0.15) is 0 Å². The number of benzene rings is 1. The zero-order valence-corrected chi connectivity index (χ0v) is 12.3. The molecule has 0 bridgehead atoms. The van der Waals surface area contributed by atoms with E-state index in [1.54, 1.807) is 12.1 Å². The molecule has 0 atom stereocenters. The minimum Gasteiger partial charge on any atom is -0.543 e. The highest BCUT2D eigenvalue weighted by molar-refractivity contribution is 7.92. The van der Waals surface area contributed by atoms with Crippen LogP contribution in [0, 0.1) is 6.92 Å². The minimum atomic E-state index is -3.76. The Hall–Kier alpha value is -2.41. The topological polar surface area (TPSA) is 90.4 Å². The van der Waals surface area contributed by atoms with E-state index in [0.717, 1.165) is 15.9 Å². The first-order valence-corrected chi connectivity index (χ1v) is 7.49. The summed E-state index contributed by atoms with van der Waals surface area (Å²) in [5.41, 5.74) is 0.822. The first-order chi connectivity index (χ1) is 9.82. The molecule has 0 fully saturated rings. The predicted molar refractivity (Wildman–Crippen MR) is 75.3 cm³/mol. The molecule has 1 aromatic heterocycles. The van der Waals surface area contributed by atoms with E-state index in [0.29, 0.717) is 0 Å². The first kappa shape index (κ1) is 15.0. The highest BCUT2D eigenvalue weighted by Crippen LogP contribution is 2.22. The summed E-state index contributed by atoms with van der Waals surface area (Å²) in [5.74, 6) is -1.46. The number of aromatic nitrogens is 1. The summed E-state index contributed by atoms with van der Waals surface area (Å²) in [6, 6.07) is 8.96. The normalized spacial score (nSPS) is 11.1. The molecule has 0 aliphatic heterocycles. The molecule has 0 saturated heterocycles. The van der Waals surface area contributed by atoms with Crippen molar-refractivity contribution in [2.75, 3.05) is 11.4 Å². The lowest BCUT2D eigenvalue weighted by molar-refractivity contribution is -0.255. The average molecular weight is 305 g/mol. The predicted octanol–water partition coefficient (Wildman–Crippen LogP) is 0.579. The van der Waals surface area contributed by atoms with Crippen LogP contribution in [-0.4, -0.2) is 26.4 Å². The highest BCUT2D eigenvalue weighted by atomic mass is 32.2. The second kappa shape index (κ2) is 5.53. The van der Waals surface area contributed by atoms with Crippen molar-refractivity contribution < 1.29 is 18.3 Å². The maximum atomic E-state index is 12.5. The number of anilines is 1. The number of carbonyl (C=O) groups is 1. The Morgan fingerprint density at radius 1 is 1.19 bits per heavy atom. The number of hydrogen-bond donors (Lipinski definition) is 0. The molecule has 0 saturated carbocycles. The van der Waals surface area contributed by atoms with Crippen LogP contribution in [0.2, 0.25) is 0 Å². The van der Waals surface area contributed by atoms with Gasteiger partial charge in [0, 0.05) is 13.2 Å². The van der Waals surface area contributed by atoms with Gasteiger partial charge in [-0.3, -0.25) is 9.29 Å². The molecular weight excluding hydrogens is 292 g/mol. The van der Waals surface area contributed by atoms with Gasteiger partial charge >= 0.3 is 0 Å². The van der Waals surface area contributed by atoms with Gasteiger partial charge in [0.15, 0.2) is 0 Å². The van der Waals surface area contributed by atoms with Gasteiger partial charge in [0.2, 0.25) is 0 Å². The van der Waals surface area contributed by atoms with Gasteiger partial charge in [-0.05, 0) is 31.2 Å². The van der Waals surface area contributed by atoms with E-state index in [1.807, 2.05) is 6.92 Å². The van der Waals surface area contributed by atoms with Gasteiger partial charge in [0.25, 0.3) is 10.0 Å². The summed E-state index contributed by atoms with van der Waals surface area (Å²) in [5, 5.41) is 10.8. The molecule has 1 aromatic carbocycles. The molecule has 0 radical (unpaired) electrons. The molecule has 2 aromatic rings. The van der Waals surface area contributed by atoms with Crippen molar-refractivity contribution in [2.24, 2.45) is 0 Å². The maximum Gasteiger partial charge on any atom is 0.264 e. The van der Waals surface area contributed by atoms with Crippen LogP contribution in [0.5, 0.6) is 0 Å². The second-order valence-electron chi connectivity index (χ2n) is 4.47. The Bertz CT molecular complexity index is 770. The van der Waals surface area contributed by atoms with Crippen LogP contribution in [0.15, 0.2) is 47.5 Å². The number of hydrogen-bond acceptors (Lipinski definition) is 5. The van der Waals surface area contributed by atoms with Crippen molar-refractivity contribution in [3.8, 4) is 0 Å². The summed E-state index contributed by atoms with van der Waals surface area (Å²) in [4.78, 5) is 14.5. The van der Waals surface area contributed by atoms with Crippen LogP contribution >= 0.6 is 0 Å². The zero-order chi connectivity index (χ0) is 15.6. The Balaban J connectivity index is 2.43. The molecule has 0 amide bonds. The molecule has 7 heteroatoms. The van der Waals surface area contributed by atoms with Gasteiger partial charge < -0.3 is 9.90 Å². The van der Waals surface area contributed by atoms with Crippen molar-refractivity contribution >= 4 is 21.7 Å². The standard InChI is InChI=1S/C14H14N2O4S/c1-10-3-5-12(6-4-10)21(19,20)16(2)11-7-8-15-13(9-11)14(17)18/h3-9H,1-2H3,(H,17,18)/p-1. The first-order valence-electron chi connectivity index (χ1n) is 6.05. The lowest BCUT2D eigenvalue weighted by atomic mass is 10.2. The van der Waals surface area contributed by atoms with Crippen LogP contribution in [0.3, 0.4) is 0 Å². The summed E-state index contributed by atoms with van der Waals surface area (Å²) in [7, 11) is -2.41. The molecule has 0 unspecified atom stereocenters. The van der Waals surface area contributed by atoms with Crippen molar-refractivity contribution in [2.45, 2.75) is 11.8 Å². The number of aromatic carboxylic acids is 1. The third-order valence-electron chi connectivity index (χ3n) is 3.00. The molecule has 6 nitrogen and oxygen atoms in total. The molecule has 0 aliphatic rings. The number of carboxylic acids is 1. The fraction of sp³-hybridized carbons (Fsp3) is 0.143. The Kier molecular flexibility index (Phi) is 3.95. The molecule has 21 heavy (non-hydrogen) atoms. The molecule has 1 heterocycles. The van der Waals surface area contributed by atoms with E-state index >= 15 is 0 Å². The van der Waals surface area contributed by atoms with Crippen molar-refractivity contribution in [1.82, 2.24) is 4.98 Å². The second-order valence-corrected chi connectivity index (χ2v) is 6.44. The smallest absolute Gasteiger partial charge is 0.264 e. The fourth-order valence-electron chi connectivity index (χ4n) is 1.73. The van der Waals surface area contributed by atoms with Crippen LogP contribution in [0.25, 0.3) is 0 Å². The van der Waals surface area contributed by atoms with Crippen LogP contribution < -0.4 is 9.41 Å². The lowest BCUT2D eigenvalue weighted by Gasteiger charge is -2.20. The number of aryl methyl sites for hydroxylation is 1. The number of nitrogens with zero attached hydrogens (tertiary/aromatic N) is 2. The van der Waals surface area contributed by atoms with Crippen molar-refractivity contribution in [3.05, 3.63) is 53.9 Å². The lowest BCUT2D eigenvalue weighted by Crippen LogP contribution is -2.28. The molecule has 0 spiro atoms. The Morgan fingerprint density at radius 3 is 2.38 bits per heavy atom. The maximum absolute atomic E-state index is 12.5. The highest BCUT2D eigenvalue weighted by Gasteiger charge is 2.21. The fourth-order valence-corrected chi connectivity index (χ4v) is 2.92. The Morgan fingerprint density at radius 2 is 1.81 bits per heavy atom. The SMILES string of the molecule is Cc1ccc(S(=O)(=O)N(C)c2ccnc(C(=O)[O-])c2)cc1. The number of pyridine rings is 1. The third kappa shape index (κ3) is 3.03. The van der Waals surface area contributed by atoms with Crippen LogP contribution in [-0.2, 0) is 10.0 Å². The van der Waals surface area contributed by atoms with E-state index in [4.69, 9.17) is 0 Å². The van der Waals surface area contributed by atoms with Crippen LogP contribution in [0.4, 0.5) is 5.69 Å². The van der Waals surface area contributed by atoms with Crippen molar-refractivity contribution in [1.29, 1.82) is 0 Å². The quantitative estimate of drug-likeness (QED) is 0.824. The van der Waals surface area contributed by atoms with Gasteiger partial charge in [-0.1, -0.05) is 17.7 Å². The monoisotopic (exact) mass is 305 g/mol. The van der Waals surface area contributed by atoms with E-state index in [9.17, 15) is 18.3 Å². The number of carboxylic acid groups (broad SMARTS) is 1. The number of rotatable bonds is 4. The van der Waals surface area contributed by atoms with Crippen molar-refractivity contribution in [3.63, 3.8) is 0 Å². The van der Waals surface area contributed by atoms with E-state index in [2.05, 4.69) is 4.98 Å². The van der Waals surface area contributed by atoms with E-state index in [-0.39, 0.29) is 16.3 Å². The van der Waals surface area contributed by atoms with E-state index in [1.165, 1.54) is 31.4 Å². The van der Waals surface area contributed by atoms with Gasteiger partial charge in [0.05, 0.1) is 22.2 Å². The summed E-state index contributed by atoms with van der Waals surface area (Å²) in [6.07, 6.45) is 1.22. The molecule has 0 aliphatic carbocycles. The molecule has 110 valence electrons. The summed E-state index contributed by atoms with van der Waals surface area (Å²) >= 11 is 0.